The molecule has 2 aliphatic rings. The average molecular weight is 819 g/mol. The number of hydrogen-bond donors (Lipinski definition) is 6. The molecule has 21 heteroatoms. The Bertz CT molecular complexity index is 1250. The Morgan fingerprint density at radius 2 is 1.18 bits per heavy atom. The minimum Gasteiger partial charge on any atom is -0.396 e. The van der Waals surface area contributed by atoms with Crippen LogP contribution in [0.5, 0.6) is 0 Å². The summed E-state index contributed by atoms with van der Waals surface area (Å²) in [4.78, 5) is 96.8. The third-order valence-corrected chi connectivity index (χ3v) is 7.74. The molecule has 2 heterocycles. The number of ether oxygens (including phenoxy) is 4. The van der Waals surface area contributed by atoms with Gasteiger partial charge in [0.15, 0.2) is 12.5 Å². The first kappa shape index (κ1) is 53.9. The van der Waals surface area contributed by atoms with Gasteiger partial charge in [-0.1, -0.05) is 0 Å². The fourth-order valence-corrected chi connectivity index (χ4v) is 4.77. The van der Waals surface area contributed by atoms with Gasteiger partial charge in [0, 0.05) is 57.7 Å². The van der Waals surface area contributed by atoms with Crippen molar-refractivity contribution in [3.63, 3.8) is 0 Å². The number of thioether (sulfide) groups is 1. The lowest BCUT2D eigenvalue weighted by atomic mass is 10.3. The average Bonchev–Trinajstić information content (AvgIpc) is 3.65. The highest BCUT2D eigenvalue weighted by atomic mass is 32.2. The molecule has 0 spiro atoms. The van der Waals surface area contributed by atoms with Crippen LogP contribution < -0.4 is 21.3 Å². The molecule has 20 nitrogen and oxygen atoms in total. The summed E-state index contributed by atoms with van der Waals surface area (Å²) >= 11 is 1.25. The summed E-state index contributed by atoms with van der Waals surface area (Å²) in [6, 6.07) is 0. The third-order valence-electron chi connectivity index (χ3n) is 6.81. The Labute approximate surface area is 331 Å². The van der Waals surface area contributed by atoms with Crippen molar-refractivity contribution >= 4 is 58.8 Å². The van der Waals surface area contributed by atoms with Gasteiger partial charge in [-0.2, -0.15) is 11.8 Å². The van der Waals surface area contributed by atoms with E-state index in [1.807, 2.05) is 13.8 Å². The van der Waals surface area contributed by atoms with Gasteiger partial charge in [0.05, 0.1) is 58.2 Å². The first-order valence-electron chi connectivity index (χ1n) is 17.5. The van der Waals surface area contributed by atoms with Crippen molar-refractivity contribution in [2.45, 2.75) is 50.8 Å². The van der Waals surface area contributed by atoms with Gasteiger partial charge >= 0.3 is 0 Å². The Hall–Kier alpha value is -4.19. The molecule has 0 bridgehead atoms. The molecule has 2 rings (SSSR count). The van der Waals surface area contributed by atoms with Crippen LogP contribution in [0.1, 0.15) is 33.1 Å². The van der Waals surface area contributed by atoms with E-state index in [4.69, 9.17) is 29.2 Å². The zero-order valence-electron chi connectivity index (χ0n) is 32.4. The summed E-state index contributed by atoms with van der Waals surface area (Å²) in [7, 11) is 0. The van der Waals surface area contributed by atoms with Crippen molar-refractivity contribution in [2.75, 3.05) is 85.5 Å². The van der Waals surface area contributed by atoms with Gasteiger partial charge in [0.1, 0.15) is 0 Å². The van der Waals surface area contributed by atoms with Crippen LogP contribution in [0.25, 0.3) is 0 Å². The van der Waals surface area contributed by atoms with Crippen molar-refractivity contribution in [3.05, 3.63) is 38.5 Å². The van der Waals surface area contributed by atoms with Gasteiger partial charge in [0.25, 0.3) is 11.8 Å². The highest BCUT2D eigenvalue weighted by molar-refractivity contribution is 8.00. The number of nitrogens with one attached hydrogen (secondary N) is 4. The minimum atomic E-state index is -1.32. The van der Waals surface area contributed by atoms with Crippen molar-refractivity contribution in [1.82, 2.24) is 31.1 Å². The maximum absolute atomic E-state index is 12.5. The van der Waals surface area contributed by atoms with Crippen LogP contribution in [0.2, 0.25) is 0 Å². The van der Waals surface area contributed by atoms with Gasteiger partial charge in [-0.25, -0.2) is 0 Å². The normalized spacial score (nSPS) is 15.5. The zero-order chi connectivity index (χ0) is 42.9. The number of carbonyl (C=O) groups is 8. The van der Waals surface area contributed by atoms with Crippen LogP contribution in [-0.4, -0.2) is 170 Å². The standard InChI is InChI=1S/C16H27N3O7S.C15H23N3O7.2C2H4/c1-3-25-10-17-5-7-26-15(18-13(22)4-6-20)11(21)9-19-14(23)8-12(27-2)16(19)24;1-2-24-10-16-6-8-25-15(17-12(21)5-7-19)11(20)9-18-13(22)3-4-14(18)23;2*1-2/h12,15,17,20H,3-10H2,1-2H3,(H,18,22);3-4,15-16,19H,2,5-10H2,1H3,(H,17,21);2*1-2H2. The second-order valence-corrected chi connectivity index (χ2v) is 11.7. The molecule has 6 N–H and O–H groups in total. The largest absolute Gasteiger partial charge is 0.396 e. The van der Waals surface area contributed by atoms with Crippen molar-refractivity contribution in [1.29, 1.82) is 0 Å². The van der Waals surface area contributed by atoms with Crippen LogP contribution in [-0.2, 0) is 57.3 Å². The number of ketones is 2. The molecule has 0 radical (unpaired) electrons. The Morgan fingerprint density at radius 3 is 1.54 bits per heavy atom. The lowest BCUT2D eigenvalue weighted by Crippen LogP contribution is -2.49. The summed E-state index contributed by atoms with van der Waals surface area (Å²) < 4.78 is 20.9. The minimum absolute atomic E-state index is 0.0526. The molecule has 1 fully saturated rings. The summed E-state index contributed by atoms with van der Waals surface area (Å²) in [6.07, 6.45) is 0.876. The molecule has 3 unspecified atom stereocenters. The number of carbonyl (C=O) groups excluding carboxylic acids is 8. The SMILES string of the molecule is C=C.C=C.CCOCNCCOC(NC(=O)CCO)C(=O)CN1C(=O)C=CC1=O.CCOCNCCOC(NC(=O)CCO)C(=O)CN1C(=O)CC(SC)C1=O. The van der Waals surface area contributed by atoms with Gasteiger partial charge in [-0.3, -0.25) is 58.8 Å². The Morgan fingerprint density at radius 1 is 0.768 bits per heavy atom. The number of Topliss-reactive ketones (excluding diaryl/α,β-unsaturated/α-hetero) is 2. The number of hydrogen-bond acceptors (Lipinski definition) is 17. The van der Waals surface area contributed by atoms with Crippen molar-refractivity contribution in [3.8, 4) is 0 Å². The predicted molar refractivity (Wildman–Crippen MR) is 205 cm³/mol. The number of amides is 6. The number of aliphatic hydroxyl groups excluding tert-OH is 2. The molecule has 1 saturated heterocycles. The van der Waals surface area contributed by atoms with Crippen molar-refractivity contribution < 1.29 is 67.5 Å². The second kappa shape index (κ2) is 34.1. The van der Waals surface area contributed by atoms with E-state index < -0.39 is 77.8 Å². The maximum Gasteiger partial charge on any atom is 0.254 e. The van der Waals surface area contributed by atoms with Crippen LogP contribution in [0.3, 0.4) is 0 Å². The Balaban J connectivity index is 0. The van der Waals surface area contributed by atoms with Crippen LogP contribution in [0.15, 0.2) is 38.5 Å². The monoisotopic (exact) mass is 818 g/mol. The summed E-state index contributed by atoms with van der Waals surface area (Å²) in [6.45, 7) is 16.6. The predicted octanol–water partition coefficient (Wildman–Crippen LogP) is -2.02. The first-order chi connectivity index (χ1) is 26.9. The second-order valence-electron chi connectivity index (χ2n) is 10.6. The third kappa shape index (κ3) is 22.4. The number of aliphatic hydroxyl groups is 2. The van der Waals surface area contributed by atoms with Crippen LogP contribution >= 0.6 is 11.8 Å². The summed E-state index contributed by atoms with van der Waals surface area (Å²) in [5, 5.41) is 27.6. The molecule has 3 atom stereocenters. The molecule has 0 saturated carbocycles. The highest BCUT2D eigenvalue weighted by Gasteiger charge is 2.40. The fraction of sp³-hybridized carbons (Fsp3) is 0.600. The topological polar surface area (TPSA) is 269 Å². The maximum atomic E-state index is 12.5. The quantitative estimate of drug-likeness (QED) is 0.0226. The number of imide groups is 2. The van der Waals surface area contributed by atoms with Gasteiger partial charge in [-0.05, 0) is 20.1 Å². The smallest absolute Gasteiger partial charge is 0.254 e. The summed E-state index contributed by atoms with van der Waals surface area (Å²) in [5.74, 6) is -4.46. The molecular formula is C35H58N6O14S. The van der Waals surface area contributed by atoms with Crippen molar-refractivity contribution in [2.24, 2.45) is 0 Å². The van der Waals surface area contributed by atoms with E-state index in [9.17, 15) is 38.4 Å². The van der Waals surface area contributed by atoms with Crippen LogP contribution in [0.4, 0.5) is 0 Å². The molecule has 2 aliphatic heterocycles. The van der Waals surface area contributed by atoms with Gasteiger partial charge in [0.2, 0.25) is 35.2 Å². The number of nitrogens with zero attached hydrogens (tertiary/aromatic N) is 2. The van der Waals surface area contributed by atoms with E-state index in [1.165, 1.54) is 11.8 Å². The van der Waals surface area contributed by atoms with E-state index in [-0.39, 0.29) is 45.7 Å². The summed E-state index contributed by atoms with van der Waals surface area (Å²) in [5.41, 5.74) is 0. The van der Waals surface area contributed by atoms with E-state index in [0.717, 1.165) is 22.0 Å². The van der Waals surface area contributed by atoms with E-state index in [1.54, 1.807) is 6.26 Å². The molecule has 0 aromatic carbocycles. The van der Waals surface area contributed by atoms with Gasteiger partial charge in [-0.15, -0.1) is 26.3 Å². The fourth-order valence-electron chi connectivity index (χ4n) is 4.13. The lowest BCUT2D eigenvalue weighted by molar-refractivity contribution is -0.147. The van der Waals surface area contributed by atoms with Crippen LogP contribution in [0, 0.1) is 0 Å². The van der Waals surface area contributed by atoms with E-state index in [0.29, 0.717) is 39.8 Å². The van der Waals surface area contributed by atoms with E-state index in [2.05, 4.69) is 47.6 Å². The molecule has 0 aromatic rings. The molecule has 0 aliphatic carbocycles. The first-order valence-corrected chi connectivity index (χ1v) is 18.8. The zero-order valence-corrected chi connectivity index (χ0v) is 33.2. The van der Waals surface area contributed by atoms with E-state index >= 15 is 0 Å². The molecule has 318 valence electrons. The molecular weight excluding hydrogens is 760 g/mol. The number of rotatable bonds is 27. The molecule has 0 aromatic heterocycles. The lowest BCUT2D eigenvalue weighted by Gasteiger charge is -2.21. The number of likely N-dealkylation sites (tertiary alicyclic amines) is 1. The highest BCUT2D eigenvalue weighted by Crippen LogP contribution is 2.23. The van der Waals surface area contributed by atoms with Gasteiger partial charge < -0.3 is 39.8 Å². The Kier molecular flexibility index (Phi) is 32.8. The molecule has 56 heavy (non-hydrogen) atoms. The molecule has 6 amide bonds.